The van der Waals surface area contributed by atoms with Gasteiger partial charge < -0.3 is 0 Å². The summed E-state index contributed by atoms with van der Waals surface area (Å²) in [6.45, 7) is 7.54. The highest BCUT2D eigenvalue weighted by molar-refractivity contribution is 7.85. The van der Waals surface area contributed by atoms with Crippen LogP contribution in [0.2, 0.25) is 0 Å². The first kappa shape index (κ1) is 16.4. The molecule has 0 spiro atoms. The third-order valence-electron chi connectivity index (χ3n) is 3.51. The summed E-state index contributed by atoms with van der Waals surface area (Å²) in [7, 11) is -1.29. The fourth-order valence-electron chi connectivity index (χ4n) is 1.98. The summed E-state index contributed by atoms with van der Waals surface area (Å²) in [5.74, 6) is 1.29. The van der Waals surface area contributed by atoms with Gasteiger partial charge in [0.25, 0.3) is 0 Å². The third kappa shape index (κ3) is 3.90. The van der Waals surface area contributed by atoms with Crippen molar-refractivity contribution in [2.24, 2.45) is 4.40 Å². The van der Waals surface area contributed by atoms with Gasteiger partial charge in [0.1, 0.15) is 11.0 Å². The molecule has 5 nitrogen and oxygen atoms in total. The molecule has 2 heterocycles. The van der Waals surface area contributed by atoms with Gasteiger partial charge in [0, 0.05) is 23.4 Å². The van der Waals surface area contributed by atoms with Crippen LogP contribution in [0.15, 0.2) is 22.7 Å². The van der Waals surface area contributed by atoms with Crippen LogP contribution in [0, 0.1) is 0 Å². The zero-order valence-corrected chi connectivity index (χ0v) is 15.4. The molecule has 2 aromatic rings. The van der Waals surface area contributed by atoms with Gasteiger partial charge in [-0.05, 0) is 64.2 Å². The third-order valence-corrected chi connectivity index (χ3v) is 5.83. The highest BCUT2D eigenvalue weighted by atomic mass is 32.2. The van der Waals surface area contributed by atoms with E-state index < -0.39 is 11.0 Å². The van der Waals surface area contributed by atoms with E-state index in [-0.39, 0.29) is 4.75 Å². The van der Waals surface area contributed by atoms with Gasteiger partial charge in [-0.3, -0.25) is 4.98 Å². The maximum absolute atomic E-state index is 12.1. The molecule has 122 valence electrons. The second-order valence-electron chi connectivity index (χ2n) is 6.71. The van der Waals surface area contributed by atoms with Crippen molar-refractivity contribution in [2.45, 2.75) is 51.2 Å². The van der Waals surface area contributed by atoms with Crippen LogP contribution in [0.3, 0.4) is 0 Å². The van der Waals surface area contributed by atoms with Crippen LogP contribution in [0.4, 0.5) is 0 Å². The Morgan fingerprint density at radius 3 is 2.78 bits per heavy atom. The SMILES string of the molecule is CC(=NS(=O)C(C)(C)C)c1nc(-c2ccnc(C3CC3)c2)ns1. The van der Waals surface area contributed by atoms with E-state index in [0.29, 0.717) is 22.5 Å². The highest BCUT2D eigenvalue weighted by Gasteiger charge is 2.25. The number of rotatable bonds is 4. The maximum Gasteiger partial charge on any atom is 0.173 e. The average Bonchev–Trinajstić information content (AvgIpc) is 3.23. The lowest BCUT2D eigenvalue weighted by Gasteiger charge is -2.13. The average molecular weight is 348 g/mol. The van der Waals surface area contributed by atoms with Crippen LogP contribution in [-0.4, -0.2) is 29.0 Å². The van der Waals surface area contributed by atoms with Crippen LogP contribution < -0.4 is 0 Å². The van der Waals surface area contributed by atoms with E-state index in [0.717, 1.165) is 11.3 Å². The Bertz CT molecular complexity index is 772. The molecule has 0 saturated heterocycles. The molecular weight excluding hydrogens is 328 g/mol. The minimum absolute atomic E-state index is 0.376. The molecule has 0 amide bonds. The number of nitrogens with zero attached hydrogens (tertiary/aromatic N) is 4. The molecule has 1 atom stereocenters. The van der Waals surface area contributed by atoms with Crippen molar-refractivity contribution in [2.75, 3.05) is 0 Å². The molecule has 1 saturated carbocycles. The summed E-state index contributed by atoms with van der Waals surface area (Å²) in [6.07, 6.45) is 4.26. The summed E-state index contributed by atoms with van der Waals surface area (Å²) < 4.78 is 20.4. The van der Waals surface area contributed by atoms with Crippen LogP contribution in [0.25, 0.3) is 11.4 Å². The normalized spacial score (nSPS) is 17.3. The van der Waals surface area contributed by atoms with Gasteiger partial charge in [0.15, 0.2) is 10.8 Å². The van der Waals surface area contributed by atoms with Gasteiger partial charge >= 0.3 is 0 Å². The zero-order valence-electron chi connectivity index (χ0n) is 13.7. The molecule has 3 rings (SSSR count). The molecule has 1 fully saturated rings. The highest BCUT2D eigenvalue weighted by Crippen LogP contribution is 2.39. The van der Waals surface area contributed by atoms with Crippen molar-refractivity contribution >= 4 is 28.2 Å². The first-order valence-corrected chi connectivity index (χ1v) is 9.50. The zero-order chi connectivity index (χ0) is 16.6. The second-order valence-corrected chi connectivity index (χ2v) is 9.36. The van der Waals surface area contributed by atoms with Gasteiger partial charge in [0.2, 0.25) is 0 Å². The quantitative estimate of drug-likeness (QED) is 0.789. The van der Waals surface area contributed by atoms with E-state index in [4.69, 9.17) is 0 Å². The van der Waals surface area contributed by atoms with E-state index in [1.165, 1.54) is 24.4 Å². The van der Waals surface area contributed by atoms with Crippen LogP contribution >= 0.6 is 11.5 Å². The fourth-order valence-corrected chi connectivity index (χ4v) is 3.27. The van der Waals surface area contributed by atoms with E-state index in [9.17, 15) is 4.21 Å². The molecule has 0 N–H and O–H groups in total. The van der Waals surface area contributed by atoms with Crippen LogP contribution in [-0.2, 0) is 11.0 Å². The minimum Gasteiger partial charge on any atom is -0.261 e. The predicted molar refractivity (Wildman–Crippen MR) is 95.2 cm³/mol. The van der Waals surface area contributed by atoms with Crippen LogP contribution in [0.5, 0.6) is 0 Å². The van der Waals surface area contributed by atoms with Crippen molar-refractivity contribution in [1.82, 2.24) is 14.3 Å². The Morgan fingerprint density at radius 1 is 1.39 bits per heavy atom. The monoisotopic (exact) mass is 348 g/mol. The Balaban J connectivity index is 1.84. The van der Waals surface area contributed by atoms with Gasteiger partial charge in [-0.2, -0.15) is 8.77 Å². The van der Waals surface area contributed by atoms with E-state index in [1.54, 1.807) is 0 Å². The van der Waals surface area contributed by atoms with Crippen molar-refractivity contribution in [3.8, 4) is 11.4 Å². The molecule has 0 aromatic carbocycles. The molecule has 1 aliphatic carbocycles. The number of hydrogen-bond acceptors (Lipinski definition) is 5. The summed E-state index contributed by atoms with van der Waals surface area (Å²) in [6, 6.07) is 4.00. The van der Waals surface area contributed by atoms with Gasteiger partial charge in [-0.1, -0.05) is 0 Å². The van der Waals surface area contributed by atoms with Gasteiger partial charge in [-0.15, -0.1) is 0 Å². The lowest BCUT2D eigenvalue weighted by atomic mass is 10.2. The van der Waals surface area contributed by atoms with Crippen molar-refractivity contribution in [1.29, 1.82) is 0 Å². The molecule has 2 aromatic heterocycles. The number of pyridine rings is 1. The summed E-state index contributed by atoms with van der Waals surface area (Å²) in [5.41, 5.74) is 2.77. The van der Waals surface area contributed by atoms with E-state index in [2.05, 4.69) is 24.8 Å². The number of aromatic nitrogens is 3. The van der Waals surface area contributed by atoms with E-state index >= 15 is 0 Å². The Hall–Kier alpha value is -1.47. The van der Waals surface area contributed by atoms with Crippen molar-refractivity contribution in [3.63, 3.8) is 0 Å². The van der Waals surface area contributed by atoms with Crippen molar-refractivity contribution < 1.29 is 4.21 Å². The fraction of sp³-hybridized carbons (Fsp3) is 0.500. The molecule has 1 aliphatic rings. The first-order chi connectivity index (χ1) is 10.8. The maximum atomic E-state index is 12.1. The van der Waals surface area contributed by atoms with Crippen molar-refractivity contribution in [3.05, 3.63) is 29.0 Å². The largest absolute Gasteiger partial charge is 0.261 e. The van der Waals surface area contributed by atoms with Gasteiger partial charge in [0.05, 0.1) is 10.5 Å². The summed E-state index contributed by atoms with van der Waals surface area (Å²) >= 11 is 1.29. The predicted octanol–water partition coefficient (Wildman–Crippen LogP) is 3.75. The van der Waals surface area contributed by atoms with E-state index in [1.807, 2.05) is 40.0 Å². The number of hydrogen-bond donors (Lipinski definition) is 0. The molecule has 23 heavy (non-hydrogen) atoms. The lowest BCUT2D eigenvalue weighted by molar-refractivity contribution is 0.650. The smallest absolute Gasteiger partial charge is 0.173 e. The Morgan fingerprint density at radius 2 is 2.13 bits per heavy atom. The molecule has 0 aliphatic heterocycles. The van der Waals surface area contributed by atoms with Crippen LogP contribution in [0.1, 0.15) is 57.2 Å². The second kappa shape index (κ2) is 6.20. The first-order valence-electron chi connectivity index (χ1n) is 7.62. The molecule has 0 bridgehead atoms. The molecular formula is C16H20N4OS2. The van der Waals surface area contributed by atoms with Gasteiger partial charge in [-0.25, -0.2) is 9.19 Å². The minimum atomic E-state index is -1.29. The molecule has 7 heteroatoms. The topological polar surface area (TPSA) is 68.1 Å². The lowest BCUT2D eigenvalue weighted by Crippen LogP contribution is -2.20. The Labute approximate surface area is 143 Å². The Kier molecular flexibility index (Phi) is 4.42. The standard InChI is InChI=1S/C16H20N4OS2/c1-10(20-23(21)16(2,3)4)15-18-14(19-22-15)12-7-8-17-13(9-12)11-5-6-11/h7-9,11H,5-6H2,1-4H3. The molecule has 1 unspecified atom stereocenters. The summed E-state index contributed by atoms with van der Waals surface area (Å²) in [5, 5.41) is 0.711. The summed E-state index contributed by atoms with van der Waals surface area (Å²) in [4.78, 5) is 8.97. The molecule has 0 radical (unpaired) electrons.